The van der Waals surface area contributed by atoms with Crippen molar-refractivity contribution < 1.29 is 25.0 Å². The average molecular weight is 474 g/mol. The Hall–Kier alpha value is -2.84. The maximum atomic E-state index is 10.9. The molecule has 1 aliphatic heterocycles. The van der Waals surface area contributed by atoms with Gasteiger partial charge in [-0.3, -0.25) is 14.7 Å². The lowest BCUT2D eigenvalue weighted by atomic mass is 10.1. The smallest absolute Gasteiger partial charge is 0.269 e. The SMILES string of the molecule is O=[N+]([O-])c1ccc(CSc2nc(NC3CC3)nc3c2ncn3[C@@H]2O[C@H](CO)[C@@H](O)[C@H]2O)cc1. The Morgan fingerprint density at radius 3 is 2.61 bits per heavy atom. The standard InChI is InChI=1S/C20H22N6O6S/c27-7-13-15(28)16(29)19(32-13)25-9-21-14-17(25)23-20(22-11-3-4-11)24-18(14)33-8-10-1-5-12(6-2-10)26(30)31/h1-2,5-6,9,11,13,15-16,19,27-29H,3-4,7-8H2,(H,22,23,24)/t13-,15-,16-,19-/m1/s1. The molecule has 1 aromatic carbocycles. The molecule has 3 heterocycles. The van der Waals surface area contributed by atoms with Crippen molar-refractivity contribution in [2.24, 2.45) is 0 Å². The minimum Gasteiger partial charge on any atom is -0.394 e. The molecular weight excluding hydrogens is 452 g/mol. The van der Waals surface area contributed by atoms with Crippen LogP contribution in [0.25, 0.3) is 11.2 Å². The lowest BCUT2D eigenvalue weighted by Crippen LogP contribution is -2.33. The van der Waals surface area contributed by atoms with Crippen LogP contribution >= 0.6 is 11.8 Å². The molecule has 0 spiro atoms. The van der Waals surface area contributed by atoms with Gasteiger partial charge in [0.2, 0.25) is 5.95 Å². The quantitative estimate of drug-likeness (QED) is 0.160. The molecule has 0 unspecified atom stereocenters. The molecule has 4 N–H and O–H groups in total. The Bertz CT molecular complexity index is 1170. The van der Waals surface area contributed by atoms with Gasteiger partial charge in [-0.15, -0.1) is 0 Å². The number of benzene rings is 1. The molecule has 2 fully saturated rings. The Kier molecular flexibility index (Phi) is 5.88. The van der Waals surface area contributed by atoms with Gasteiger partial charge in [-0.1, -0.05) is 23.9 Å². The molecule has 0 bridgehead atoms. The second kappa shape index (κ2) is 8.83. The van der Waals surface area contributed by atoms with Crippen LogP contribution in [0.15, 0.2) is 35.6 Å². The molecule has 0 amide bonds. The third-order valence-electron chi connectivity index (χ3n) is 5.61. The fourth-order valence-electron chi connectivity index (χ4n) is 3.63. The number of nitrogens with one attached hydrogen (secondary N) is 1. The molecule has 2 aromatic heterocycles. The minimum absolute atomic E-state index is 0.0290. The summed E-state index contributed by atoms with van der Waals surface area (Å²) in [5.74, 6) is 0.929. The van der Waals surface area contributed by atoms with Crippen LogP contribution in [0.4, 0.5) is 11.6 Å². The summed E-state index contributed by atoms with van der Waals surface area (Å²) in [5.41, 5.74) is 1.84. The first-order valence-electron chi connectivity index (χ1n) is 10.4. The normalized spacial score (nSPS) is 24.9. The zero-order chi connectivity index (χ0) is 23.1. The molecule has 5 rings (SSSR count). The van der Waals surface area contributed by atoms with E-state index in [4.69, 9.17) is 4.74 Å². The molecule has 3 aromatic rings. The molecule has 33 heavy (non-hydrogen) atoms. The first-order chi connectivity index (χ1) is 15.9. The predicted molar refractivity (Wildman–Crippen MR) is 118 cm³/mol. The van der Waals surface area contributed by atoms with Gasteiger partial charge in [0.15, 0.2) is 11.9 Å². The maximum absolute atomic E-state index is 10.9. The van der Waals surface area contributed by atoms with Gasteiger partial charge in [0.1, 0.15) is 28.9 Å². The van der Waals surface area contributed by atoms with Crippen molar-refractivity contribution in [3.05, 3.63) is 46.3 Å². The van der Waals surface area contributed by atoms with Crippen LogP contribution in [-0.4, -0.2) is 70.7 Å². The van der Waals surface area contributed by atoms with Crippen molar-refractivity contribution in [3.8, 4) is 0 Å². The number of thioether (sulfide) groups is 1. The number of hydrogen-bond donors (Lipinski definition) is 4. The van der Waals surface area contributed by atoms with Gasteiger partial charge in [-0.25, -0.2) is 9.97 Å². The molecule has 2 aliphatic rings. The molecule has 174 valence electrons. The monoisotopic (exact) mass is 474 g/mol. The fourth-order valence-corrected chi connectivity index (χ4v) is 4.56. The summed E-state index contributed by atoms with van der Waals surface area (Å²) in [5, 5.41) is 44.7. The largest absolute Gasteiger partial charge is 0.394 e. The molecule has 12 nitrogen and oxygen atoms in total. The molecule has 1 saturated carbocycles. The van der Waals surface area contributed by atoms with E-state index in [1.807, 2.05) is 0 Å². The van der Waals surface area contributed by atoms with E-state index in [1.165, 1.54) is 34.8 Å². The number of rotatable bonds is 8. The van der Waals surface area contributed by atoms with Gasteiger partial charge in [-0.05, 0) is 18.4 Å². The number of anilines is 1. The van der Waals surface area contributed by atoms with Crippen molar-refractivity contribution in [1.29, 1.82) is 0 Å². The van der Waals surface area contributed by atoms with Crippen LogP contribution in [0.1, 0.15) is 24.6 Å². The van der Waals surface area contributed by atoms with Crippen LogP contribution in [0.2, 0.25) is 0 Å². The zero-order valence-corrected chi connectivity index (χ0v) is 18.1. The number of ether oxygens (including phenoxy) is 1. The lowest BCUT2D eigenvalue weighted by molar-refractivity contribution is -0.384. The molecule has 1 saturated heterocycles. The lowest BCUT2D eigenvalue weighted by Gasteiger charge is -2.17. The Morgan fingerprint density at radius 1 is 1.21 bits per heavy atom. The summed E-state index contributed by atoms with van der Waals surface area (Å²) in [4.78, 5) is 24.0. The molecule has 4 atom stereocenters. The number of imidazole rings is 1. The van der Waals surface area contributed by atoms with Gasteiger partial charge in [0, 0.05) is 23.9 Å². The molecule has 13 heteroatoms. The Morgan fingerprint density at radius 2 is 1.97 bits per heavy atom. The van der Waals surface area contributed by atoms with Crippen LogP contribution in [0, 0.1) is 10.1 Å². The van der Waals surface area contributed by atoms with E-state index < -0.39 is 36.1 Å². The van der Waals surface area contributed by atoms with E-state index in [0.717, 1.165) is 18.4 Å². The van der Waals surface area contributed by atoms with E-state index in [9.17, 15) is 25.4 Å². The highest BCUT2D eigenvalue weighted by Crippen LogP contribution is 2.35. The summed E-state index contributed by atoms with van der Waals surface area (Å²) in [6.45, 7) is -0.429. The Balaban J connectivity index is 1.45. The van der Waals surface area contributed by atoms with Crippen LogP contribution in [0.5, 0.6) is 0 Å². The Labute approximate surface area is 191 Å². The minimum atomic E-state index is -1.26. The highest BCUT2D eigenvalue weighted by molar-refractivity contribution is 7.98. The number of aliphatic hydroxyl groups is 3. The van der Waals surface area contributed by atoms with Crippen molar-refractivity contribution >= 4 is 34.6 Å². The summed E-state index contributed by atoms with van der Waals surface area (Å²) in [7, 11) is 0. The number of fused-ring (bicyclic) bond motifs is 1. The maximum Gasteiger partial charge on any atom is 0.269 e. The van der Waals surface area contributed by atoms with Gasteiger partial charge < -0.3 is 25.4 Å². The van der Waals surface area contributed by atoms with Gasteiger partial charge in [0.25, 0.3) is 5.69 Å². The summed E-state index contributed by atoms with van der Waals surface area (Å²) in [6.07, 6.45) is -0.842. The second-order valence-electron chi connectivity index (χ2n) is 8.04. The number of nitro groups is 1. The highest BCUT2D eigenvalue weighted by atomic mass is 32.2. The molecule has 0 radical (unpaired) electrons. The average Bonchev–Trinajstić information content (AvgIpc) is 3.46. The van der Waals surface area contributed by atoms with Crippen LogP contribution in [0.3, 0.4) is 0 Å². The van der Waals surface area contributed by atoms with E-state index in [1.54, 1.807) is 12.1 Å². The van der Waals surface area contributed by atoms with E-state index in [0.29, 0.717) is 33.9 Å². The van der Waals surface area contributed by atoms with Crippen molar-refractivity contribution in [3.63, 3.8) is 0 Å². The van der Waals surface area contributed by atoms with E-state index in [2.05, 4.69) is 20.3 Å². The second-order valence-corrected chi connectivity index (χ2v) is 9.00. The summed E-state index contributed by atoms with van der Waals surface area (Å²) < 4.78 is 7.19. The highest BCUT2D eigenvalue weighted by Gasteiger charge is 2.44. The third-order valence-corrected chi connectivity index (χ3v) is 6.65. The number of nitrogens with zero attached hydrogens (tertiary/aromatic N) is 5. The summed E-state index contributed by atoms with van der Waals surface area (Å²) in [6, 6.07) is 6.62. The molecular formula is C20H22N6O6S. The topological polar surface area (TPSA) is 169 Å². The van der Waals surface area contributed by atoms with Gasteiger partial charge >= 0.3 is 0 Å². The zero-order valence-electron chi connectivity index (χ0n) is 17.3. The van der Waals surface area contributed by atoms with Crippen molar-refractivity contribution in [1.82, 2.24) is 19.5 Å². The number of aromatic nitrogens is 4. The fraction of sp³-hybridized carbons (Fsp3) is 0.450. The first-order valence-corrected chi connectivity index (χ1v) is 11.4. The number of nitro benzene ring substituents is 1. The number of hydrogen-bond acceptors (Lipinski definition) is 11. The van der Waals surface area contributed by atoms with E-state index >= 15 is 0 Å². The van der Waals surface area contributed by atoms with Crippen molar-refractivity contribution in [2.75, 3.05) is 11.9 Å². The first kappa shape index (κ1) is 22.0. The predicted octanol–water partition coefficient (Wildman–Crippen LogP) is 1.21. The van der Waals surface area contributed by atoms with E-state index in [-0.39, 0.29) is 5.69 Å². The van der Waals surface area contributed by atoms with Gasteiger partial charge in [0.05, 0.1) is 17.9 Å². The molecule has 1 aliphatic carbocycles. The third kappa shape index (κ3) is 4.37. The van der Waals surface area contributed by atoms with Crippen LogP contribution in [-0.2, 0) is 10.5 Å². The number of aliphatic hydroxyl groups excluding tert-OH is 3. The van der Waals surface area contributed by atoms with Gasteiger partial charge in [-0.2, -0.15) is 4.98 Å². The van der Waals surface area contributed by atoms with Crippen LogP contribution < -0.4 is 5.32 Å². The van der Waals surface area contributed by atoms with Crippen molar-refractivity contribution in [2.45, 2.75) is 54.2 Å². The summed E-state index contributed by atoms with van der Waals surface area (Å²) >= 11 is 1.41. The number of non-ortho nitro benzene ring substituents is 1.